The monoisotopic (exact) mass is 125 g/mol. The van der Waals surface area contributed by atoms with Crippen LogP contribution >= 0.6 is 0 Å². The number of rotatable bonds is 0. The quantitative estimate of drug-likeness (QED) is 0.321. The van der Waals surface area contributed by atoms with Gasteiger partial charge in [-0.3, -0.25) is 0 Å². The number of benzene rings is 1. The van der Waals surface area contributed by atoms with E-state index < -0.39 is 0 Å². The predicted octanol–water partition coefficient (Wildman–Crippen LogP) is -1.37. The molecule has 0 saturated heterocycles. The topological polar surface area (TPSA) is 26.0 Å². The van der Waals surface area contributed by atoms with Gasteiger partial charge in [0.05, 0.1) is 0 Å². The van der Waals surface area contributed by atoms with Crippen molar-refractivity contribution in [1.82, 2.24) is 4.98 Å². The predicted molar refractivity (Wildman–Crippen MR) is 32.8 cm³/mol. The molecule has 1 aromatic carbocycles. The Bertz CT molecular complexity index is 288. The van der Waals surface area contributed by atoms with Gasteiger partial charge in [-0.1, -0.05) is 18.2 Å². The summed E-state index contributed by atoms with van der Waals surface area (Å²) < 4.78 is 4.88. The Labute approximate surface area is 70.4 Å². The second kappa shape index (κ2) is 2.92. The molecule has 0 aliphatic rings. The number of oxazole rings is 1. The van der Waals surface area contributed by atoms with Gasteiger partial charge in [0.15, 0.2) is 0 Å². The fourth-order valence-electron chi connectivity index (χ4n) is 0.757. The fraction of sp³-hybridized carbons (Fsp3) is 0. The summed E-state index contributed by atoms with van der Waals surface area (Å²) in [5.41, 5.74) is 1.65. The van der Waals surface area contributed by atoms with Crippen LogP contribution in [0.1, 0.15) is 0 Å². The molecule has 2 rings (SSSR count). The van der Waals surface area contributed by atoms with Gasteiger partial charge in [-0.05, 0) is 11.1 Å². The van der Waals surface area contributed by atoms with Crippen molar-refractivity contribution in [2.24, 2.45) is 0 Å². The van der Waals surface area contributed by atoms with E-state index in [9.17, 15) is 0 Å². The summed E-state index contributed by atoms with van der Waals surface area (Å²) in [6, 6.07) is 7.56. The summed E-state index contributed by atoms with van der Waals surface area (Å²) >= 11 is 0. The number of nitrogens with zero attached hydrogens (tertiary/aromatic N) is 1. The van der Waals surface area contributed by atoms with E-state index in [1.54, 1.807) is 0 Å². The van der Waals surface area contributed by atoms with Crippen molar-refractivity contribution in [1.29, 1.82) is 0 Å². The summed E-state index contributed by atoms with van der Waals surface area (Å²) in [6.07, 6.45) is 2.41. The molecule has 0 radical (unpaired) electrons. The molecular formula is C7H4LiNO. The minimum atomic E-state index is 0. The van der Waals surface area contributed by atoms with E-state index >= 15 is 0 Å². The van der Waals surface area contributed by atoms with Crippen LogP contribution in [0.4, 0.5) is 0 Å². The Balaban J connectivity index is 0.000000500. The van der Waals surface area contributed by atoms with Crippen molar-refractivity contribution < 1.29 is 23.3 Å². The van der Waals surface area contributed by atoms with Crippen LogP contribution in [0.15, 0.2) is 28.7 Å². The Morgan fingerprint density at radius 1 is 1.30 bits per heavy atom. The molecule has 0 N–H and O–H groups in total. The van der Waals surface area contributed by atoms with Gasteiger partial charge in [-0.2, -0.15) is 0 Å². The van der Waals surface area contributed by atoms with Crippen LogP contribution < -0.4 is 18.9 Å². The van der Waals surface area contributed by atoms with Gasteiger partial charge in [-0.25, -0.2) is 0 Å². The summed E-state index contributed by atoms with van der Waals surface area (Å²) in [6.45, 7) is 0. The second-order valence-electron chi connectivity index (χ2n) is 1.77. The van der Waals surface area contributed by atoms with E-state index in [0.717, 1.165) is 11.1 Å². The molecule has 0 atom stereocenters. The van der Waals surface area contributed by atoms with Crippen molar-refractivity contribution in [3.63, 3.8) is 0 Å². The molecule has 0 aliphatic carbocycles. The zero-order valence-corrected chi connectivity index (χ0v) is 5.66. The third kappa shape index (κ3) is 1.09. The SMILES string of the molecule is [Li+].[c-]1nc2ccccc2o1. The van der Waals surface area contributed by atoms with Gasteiger partial charge < -0.3 is 9.40 Å². The van der Waals surface area contributed by atoms with Crippen LogP contribution in [0.5, 0.6) is 0 Å². The van der Waals surface area contributed by atoms with Crippen LogP contribution in [-0.2, 0) is 0 Å². The van der Waals surface area contributed by atoms with Gasteiger partial charge in [0.2, 0.25) is 0 Å². The largest absolute Gasteiger partial charge is 1.00 e. The molecule has 0 saturated carbocycles. The van der Waals surface area contributed by atoms with Gasteiger partial charge in [0, 0.05) is 0 Å². The van der Waals surface area contributed by atoms with E-state index in [0.29, 0.717) is 0 Å². The number of fused-ring (bicyclic) bond motifs is 1. The molecule has 1 aromatic heterocycles. The minimum Gasteiger partial charge on any atom is -0.573 e. The molecule has 3 heteroatoms. The van der Waals surface area contributed by atoms with Crippen molar-refractivity contribution >= 4 is 11.1 Å². The minimum absolute atomic E-state index is 0. The first-order chi connectivity index (χ1) is 4.47. The molecule has 10 heavy (non-hydrogen) atoms. The maximum Gasteiger partial charge on any atom is 1.00 e. The molecule has 0 bridgehead atoms. The van der Waals surface area contributed by atoms with E-state index in [2.05, 4.69) is 11.4 Å². The zero-order chi connectivity index (χ0) is 6.10. The normalized spacial score (nSPS) is 9.20. The summed E-state index contributed by atoms with van der Waals surface area (Å²) in [4.78, 5) is 3.83. The fourth-order valence-corrected chi connectivity index (χ4v) is 0.757. The summed E-state index contributed by atoms with van der Waals surface area (Å²) in [7, 11) is 0. The van der Waals surface area contributed by atoms with Crippen LogP contribution in [0, 0.1) is 6.39 Å². The standard InChI is InChI=1S/C7H4NO.Li/c1-2-4-7-6(3-1)8-5-9-7;/h1-4H;/q-1;+1. The van der Waals surface area contributed by atoms with Gasteiger partial charge in [-0.15, -0.1) is 6.07 Å². The maximum atomic E-state index is 4.88. The molecule has 0 unspecified atom stereocenters. The molecule has 1 heterocycles. The van der Waals surface area contributed by atoms with Crippen molar-refractivity contribution in [3.05, 3.63) is 30.7 Å². The average Bonchev–Trinajstić information content (AvgIpc) is 2.33. The third-order valence-electron chi connectivity index (χ3n) is 1.19. The van der Waals surface area contributed by atoms with E-state index in [4.69, 9.17) is 4.42 Å². The van der Waals surface area contributed by atoms with Crippen molar-refractivity contribution in [3.8, 4) is 0 Å². The van der Waals surface area contributed by atoms with Crippen LogP contribution in [0.2, 0.25) is 0 Å². The zero-order valence-electron chi connectivity index (χ0n) is 5.66. The first-order valence-electron chi connectivity index (χ1n) is 2.68. The van der Waals surface area contributed by atoms with Crippen molar-refractivity contribution in [2.75, 3.05) is 0 Å². The number of hydrogen-bond donors (Lipinski definition) is 0. The Morgan fingerprint density at radius 3 is 2.90 bits per heavy atom. The average molecular weight is 125 g/mol. The third-order valence-corrected chi connectivity index (χ3v) is 1.19. The molecule has 0 fully saturated rings. The van der Waals surface area contributed by atoms with Gasteiger partial charge in [0.25, 0.3) is 0 Å². The molecule has 2 nitrogen and oxygen atoms in total. The Kier molecular flexibility index (Phi) is 2.16. The Hall–Kier alpha value is -0.713. The Morgan fingerprint density at radius 2 is 2.10 bits per heavy atom. The van der Waals surface area contributed by atoms with Crippen molar-refractivity contribution in [2.45, 2.75) is 0 Å². The number of para-hydroxylation sites is 2. The molecule has 44 valence electrons. The molecule has 0 aliphatic heterocycles. The van der Waals surface area contributed by atoms with E-state index in [1.807, 2.05) is 24.3 Å². The van der Waals surface area contributed by atoms with Crippen LogP contribution in [0.25, 0.3) is 11.1 Å². The molecular weight excluding hydrogens is 121 g/mol. The van der Waals surface area contributed by atoms with Crippen LogP contribution in [0.3, 0.4) is 0 Å². The maximum absolute atomic E-state index is 4.88. The summed E-state index contributed by atoms with van der Waals surface area (Å²) in [5, 5.41) is 0. The van der Waals surface area contributed by atoms with Gasteiger partial charge >= 0.3 is 18.9 Å². The number of aromatic nitrogens is 1. The first kappa shape index (κ1) is 7.40. The molecule has 2 aromatic rings. The molecule has 0 amide bonds. The smallest absolute Gasteiger partial charge is 0.573 e. The summed E-state index contributed by atoms with van der Waals surface area (Å²) in [5.74, 6) is 0. The van der Waals surface area contributed by atoms with E-state index in [-0.39, 0.29) is 18.9 Å². The van der Waals surface area contributed by atoms with Gasteiger partial charge in [0.1, 0.15) is 6.39 Å². The molecule has 0 spiro atoms. The van der Waals surface area contributed by atoms with E-state index in [1.165, 1.54) is 0 Å². The first-order valence-corrected chi connectivity index (χ1v) is 2.68. The van der Waals surface area contributed by atoms with Crippen LogP contribution in [-0.4, -0.2) is 4.98 Å². The number of hydrogen-bond acceptors (Lipinski definition) is 2. The second-order valence-corrected chi connectivity index (χ2v) is 1.77.